The van der Waals surface area contributed by atoms with Crippen LogP contribution in [0.25, 0.3) is 0 Å². The number of aromatic carboxylic acids is 1. The Kier molecular flexibility index (Phi) is 4.38. The number of nitrogens with zero attached hydrogens (tertiary/aromatic N) is 1. The number of allylic oxidation sites excluding steroid dienone is 2. The van der Waals surface area contributed by atoms with Gasteiger partial charge in [-0.15, -0.1) is 0 Å². The molecule has 0 amide bonds. The number of carbonyl (C=O) groups is 1. The van der Waals surface area contributed by atoms with Crippen LogP contribution in [0.3, 0.4) is 0 Å². The molecule has 0 spiro atoms. The van der Waals surface area contributed by atoms with Crippen molar-refractivity contribution in [2.75, 3.05) is 0 Å². The molecule has 1 N–H and O–H groups in total. The third-order valence-electron chi connectivity index (χ3n) is 4.93. The van der Waals surface area contributed by atoms with Gasteiger partial charge in [0.05, 0.1) is 5.56 Å². The van der Waals surface area contributed by atoms with Crippen LogP contribution in [0.1, 0.15) is 31.1 Å². The Morgan fingerprint density at radius 3 is 2.23 bits per heavy atom. The number of carboxylic acids is 1. The van der Waals surface area contributed by atoms with E-state index in [0.29, 0.717) is 5.56 Å². The van der Waals surface area contributed by atoms with Gasteiger partial charge in [0.2, 0.25) is 0 Å². The maximum absolute atomic E-state index is 11.0. The summed E-state index contributed by atoms with van der Waals surface area (Å²) in [4.78, 5) is 11.0. The van der Waals surface area contributed by atoms with Crippen LogP contribution in [0.5, 0.6) is 0 Å². The predicted molar refractivity (Wildman–Crippen MR) is 96.1 cm³/mol. The number of rotatable bonds is 3. The molecule has 1 aliphatic heterocycles. The van der Waals surface area contributed by atoms with Crippen LogP contribution in [0.4, 0.5) is 0 Å². The lowest BCUT2D eigenvalue weighted by Gasteiger charge is -2.49. The minimum Gasteiger partial charge on any atom is -0.478 e. The van der Waals surface area contributed by atoms with E-state index in [1.165, 1.54) is 0 Å². The summed E-state index contributed by atoms with van der Waals surface area (Å²) >= 11 is 0. The quantitative estimate of drug-likeness (QED) is 0.868. The topological polar surface area (TPSA) is 40.5 Å². The van der Waals surface area contributed by atoms with E-state index in [4.69, 9.17) is 5.11 Å². The maximum Gasteiger partial charge on any atom is 0.335 e. The van der Waals surface area contributed by atoms with Crippen molar-refractivity contribution in [3.63, 3.8) is 0 Å². The van der Waals surface area contributed by atoms with Crippen LogP contribution in [-0.2, 0) is 0 Å². The first-order valence-corrected chi connectivity index (χ1v) is 10.6. The SMILES string of the molecule is CC(C)(C)[Si](C)(C)N1C=CC=CB1c1ccc(C(=O)O)cc1. The van der Waals surface area contributed by atoms with Gasteiger partial charge in [-0.05, 0) is 29.4 Å². The summed E-state index contributed by atoms with van der Waals surface area (Å²) in [6, 6.07) is 7.23. The zero-order chi connectivity index (χ0) is 16.5. The number of benzene rings is 1. The van der Waals surface area contributed by atoms with Gasteiger partial charge < -0.3 is 9.58 Å². The zero-order valence-electron chi connectivity index (χ0n) is 14.0. The monoisotopic (exact) mass is 313 g/mol. The number of hydrogen-bond acceptors (Lipinski definition) is 2. The van der Waals surface area contributed by atoms with Gasteiger partial charge >= 0.3 is 12.8 Å². The first-order chi connectivity index (χ1) is 10.1. The lowest BCUT2D eigenvalue weighted by molar-refractivity contribution is 0.0697. The van der Waals surface area contributed by atoms with Crippen LogP contribution in [0, 0.1) is 0 Å². The highest BCUT2D eigenvalue weighted by Gasteiger charge is 2.43. The molecule has 0 aromatic heterocycles. The molecule has 3 nitrogen and oxygen atoms in total. The van der Waals surface area contributed by atoms with E-state index in [0.717, 1.165) is 5.46 Å². The Morgan fingerprint density at radius 2 is 1.73 bits per heavy atom. The van der Waals surface area contributed by atoms with Crippen molar-refractivity contribution in [2.45, 2.75) is 38.9 Å². The zero-order valence-corrected chi connectivity index (χ0v) is 15.0. The lowest BCUT2D eigenvalue weighted by atomic mass is 9.55. The molecule has 1 aromatic carbocycles. The Balaban J connectivity index is 2.38. The molecule has 1 aliphatic rings. The normalized spacial score (nSPS) is 15.3. The molecule has 2 rings (SSSR count). The average molecular weight is 313 g/mol. The van der Waals surface area contributed by atoms with Crippen molar-refractivity contribution in [1.82, 2.24) is 4.48 Å². The highest BCUT2D eigenvalue weighted by Crippen LogP contribution is 2.39. The van der Waals surface area contributed by atoms with E-state index >= 15 is 0 Å². The number of carboxylic acid groups (broad SMARTS) is 1. The highest BCUT2D eigenvalue weighted by atomic mass is 28.3. The van der Waals surface area contributed by atoms with Crippen LogP contribution >= 0.6 is 0 Å². The van der Waals surface area contributed by atoms with Crippen LogP contribution in [-0.4, -0.2) is 30.6 Å². The van der Waals surface area contributed by atoms with Crippen molar-refractivity contribution in [1.29, 1.82) is 0 Å². The molecule has 5 heteroatoms. The second kappa shape index (κ2) is 5.80. The lowest BCUT2D eigenvalue weighted by Crippen LogP contribution is -2.61. The Hall–Kier alpha value is -1.75. The van der Waals surface area contributed by atoms with E-state index in [1.807, 2.05) is 12.1 Å². The standard InChI is InChI=1S/C17H24BNO2Si/c1-17(2,3)22(4,5)19-13-7-6-12-18(19)15-10-8-14(9-11-15)16(20)21/h6-13H,1-5H3,(H,20,21). The summed E-state index contributed by atoms with van der Waals surface area (Å²) in [5, 5.41) is 9.28. The molecule has 0 unspecified atom stereocenters. The fourth-order valence-electron chi connectivity index (χ4n) is 2.51. The molecule has 116 valence electrons. The average Bonchev–Trinajstić information content (AvgIpc) is 2.46. The van der Waals surface area contributed by atoms with Crippen molar-refractivity contribution < 1.29 is 9.90 Å². The van der Waals surface area contributed by atoms with E-state index in [-0.39, 0.29) is 11.9 Å². The van der Waals surface area contributed by atoms with Gasteiger partial charge in [-0.25, -0.2) is 4.79 Å². The van der Waals surface area contributed by atoms with E-state index in [1.54, 1.807) is 12.1 Å². The molecule has 1 aromatic rings. The maximum atomic E-state index is 11.0. The Labute approximate surface area is 134 Å². The third kappa shape index (κ3) is 3.04. The highest BCUT2D eigenvalue weighted by molar-refractivity contribution is 6.92. The summed E-state index contributed by atoms with van der Waals surface area (Å²) in [7, 11) is -1.71. The molecule has 0 atom stereocenters. The predicted octanol–water partition coefficient (Wildman–Crippen LogP) is 3.51. The Bertz CT molecular complexity index is 615. The van der Waals surface area contributed by atoms with Gasteiger partial charge in [-0.2, -0.15) is 0 Å². The fourth-order valence-corrected chi connectivity index (χ4v) is 4.68. The molecule has 0 saturated heterocycles. The van der Waals surface area contributed by atoms with Gasteiger partial charge in [0.1, 0.15) is 8.24 Å². The van der Waals surface area contributed by atoms with Crippen molar-refractivity contribution >= 4 is 26.5 Å². The van der Waals surface area contributed by atoms with Crippen LogP contribution in [0.2, 0.25) is 18.1 Å². The van der Waals surface area contributed by atoms with E-state index in [9.17, 15) is 4.79 Å². The molecule has 0 fully saturated rings. The first-order valence-electron chi connectivity index (χ1n) is 7.61. The van der Waals surface area contributed by atoms with Gasteiger partial charge in [0, 0.05) is 0 Å². The van der Waals surface area contributed by atoms with Crippen molar-refractivity contribution in [2.24, 2.45) is 0 Å². The Morgan fingerprint density at radius 1 is 1.14 bits per heavy atom. The molecular formula is C17H24BNO2Si. The molecule has 0 aliphatic carbocycles. The largest absolute Gasteiger partial charge is 0.478 e. The van der Waals surface area contributed by atoms with Gasteiger partial charge in [0.15, 0.2) is 0 Å². The van der Waals surface area contributed by atoms with E-state index < -0.39 is 14.2 Å². The summed E-state index contributed by atoms with van der Waals surface area (Å²) in [6.45, 7) is 11.8. The van der Waals surface area contributed by atoms with Gasteiger partial charge in [0.25, 0.3) is 0 Å². The molecule has 0 radical (unpaired) electrons. The van der Waals surface area contributed by atoms with E-state index in [2.05, 4.69) is 62.7 Å². The molecule has 1 heterocycles. The van der Waals surface area contributed by atoms with Crippen molar-refractivity contribution in [3.8, 4) is 0 Å². The summed E-state index contributed by atoms with van der Waals surface area (Å²) < 4.78 is 2.49. The summed E-state index contributed by atoms with van der Waals surface area (Å²) in [6.07, 6.45) is 6.34. The fraction of sp³-hybridized carbons (Fsp3) is 0.353. The minimum absolute atomic E-state index is 0.175. The third-order valence-corrected chi connectivity index (χ3v) is 10.3. The molecule has 22 heavy (non-hydrogen) atoms. The summed E-state index contributed by atoms with van der Waals surface area (Å²) in [5.41, 5.74) is 1.47. The van der Waals surface area contributed by atoms with Gasteiger partial charge in [-0.3, -0.25) is 0 Å². The van der Waals surface area contributed by atoms with Crippen molar-refractivity contribution in [3.05, 3.63) is 54.2 Å². The van der Waals surface area contributed by atoms with Crippen LogP contribution in [0.15, 0.2) is 48.6 Å². The minimum atomic E-state index is -1.71. The smallest absolute Gasteiger partial charge is 0.335 e. The first kappa shape index (κ1) is 16.6. The summed E-state index contributed by atoms with van der Waals surface area (Å²) in [5.74, 6) is 1.31. The van der Waals surface area contributed by atoms with Crippen LogP contribution < -0.4 is 5.46 Å². The molecular weight excluding hydrogens is 289 g/mol. The molecule has 0 bridgehead atoms. The second-order valence-corrected chi connectivity index (χ2v) is 12.4. The molecule has 0 saturated carbocycles. The number of hydrogen-bond donors (Lipinski definition) is 1. The van der Waals surface area contributed by atoms with Gasteiger partial charge in [-0.1, -0.05) is 63.5 Å². The second-order valence-electron chi connectivity index (χ2n) is 7.31.